The van der Waals surface area contributed by atoms with E-state index in [-0.39, 0.29) is 5.91 Å². The van der Waals surface area contributed by atoms with Gasteiger partial charge in [-0.05, 0) is 31.4 Å². The fourth-order valence-electron chi connectivity index (χ4n) is 2.58. The quantitative estimate of drug-likeness (QED) is 0.891. The lowest BCUT2D eigenvalue weighted by Gasteiger charge is -2.37. The molecule has 2 rings (SSSR count). The van der Waals surface area contributed by atoms with Crippen molar-refractivity contribution in [1.82, 2.24) is 5.32 Å². The van der Waals surface area contributed by atoms with Gasteiger partial charge in [-0.25, -0.2) is 0 Å². The first-order chi connectivity index (χ1) is 9.97. The second-order valence-corrected chi connectivity index (χ2v) is 5.61. The number of rotatable bonds is 4. The van der Waals surface area contributed by atoms with Crippen molar-refractivity contribution in [1.29, 1.82) is 0 Å². The molecule has 0 spiro atoms. The molecule has 0 bridgehead atoms. The molecule has 1 aliphatic heterocycles. The van der Waals surface area contributed by atoms with E-state index < -0.39 is 17.4 Å². The van der Waals surface area contributed by atoms with Gasteiger partial charge in [0.15, 0.2) is 0 Å². The van der Waals surface area contributed by atoms with Crippen LogP contribution >= 0.6 is 11.6 Å². The summed E-state index contributed by atoms with van der Waals surface area (Å²) >= 11 is 6.25. The predicted molar refractivity (Wildman–Crippen MR) is 78.4 cm³/mol. The Balaban J connectivity index is 2.36. The lowest BCUT2D eigenvalue weighted by molar-refractivity contribution is -0.143. The zero-order chi connectivity index (χ0) is 15.5. The van der Waals surface area contributed by atoms with Crippen molar-refractivity contribution >= 4 is 23.5 Å². The Bertz CT molecular complexity index is 540. The zero-order valence-electron chi connectivity index (χ0n) is 11.8. The average molecular weight is 312 g/mol. The van der Waals surface area contributed by atoms with Crippen LogP contribution in [0.5, 0.6) is 0 Å². The van der Waals surface area contributed by atoms with Crippen LogP contribution in [0.4, 0.5) is 0 Å². The molecular weight excluding hydrogens is 294 g/mol. The maximum absolute atomic E-state index is 12.7. The second kappa shape index (κ2) is 6.45. The minimum atomic E-state index is -1.07. The molecule has 1 fully saturated rings. The third-order valence-corrected chi connectivity index (χ3v) is 4.22. The van der Waals surface area contributed by atoms with Crippen molar-refractivity contribution in [2.24, 2.45) is 0 Å². The minimum Gasteiger partial charge on any atom is -0.480 e. The third-order valence-electron chi connectivity index (χ3n) is 3.89. The molecule has 1 atom stereocenters. The van der Waals surface area contributed by atoms with Crippen molar-refractivity contribution in [2.45, 2.75) is 31.2 Å². The molecule has 2 N–H and O–H groups in total. The van der Waals surface area contributed by atoms with Gasteiger partial charge in [-0.15, -0.1) is 0 Å². The molecule has 114 valence electrons. The Hall–Kier alpha value is -1.59. The van der Waals surface area contributed by atoms with E-state index in [4.69, 9.17) is 21.4 Å². The highest BCUT2D eigenvalue weighted by molar-refractivity contribution is 6.31. The van der Waals surface area contributed by atoms with E-state index in [1.165, 1.54) is 6.92 Å². The minimum absolute atomic E-state index is 0.311. The van der Waals surface area contributed by atoms with Gasteiger partial charge < -0.3 is 15.2 Å². The van der Waals surface area contributed by atoms with Gasteiger partial charge in [0, 0.05) is 18.2 Å². The maximum atomic E-state index is 12.7. The first-order valence-corrected chi connectivity index (χ1v) is 7.22. The van der Waals surface area contributed by atoms with Crippen LogP contribution in [0.15, 0.2) is 24.3 Å². The number of benzene rings is 1. The number of carbonyl (C=O) groups is 2. The molecule has 1 amide bonds. The van der Waals surface area contributed by atoms with Gasteiger partial charge in [-0.2, -0.15) is 0 Å². The summed E-state index contributed by atoms with van der Waals surface area (Å²) in [6.45, 7) is 2.33. The molecule has 0 saturated carbocycles. The number of carbonyl (C=O) groups excluding carboxylic acids is 1. The highest BCUT2D eigenvalue weighted by Gasteiger charge is 2.43. The molecule has 1 aromatic rings. The van der Waals surface area contributed by atoms with E-state index in [0.717, 1.165) is 5.56 Å². The van der Waals surface area contributed by atoms with E-state index in [0.29, 0.717) is 31.1 Å². The third kappa shape index (κ3) is 3.19. The molecule has 0 aromatic heterocycles. The van der Waals surface area contributed by atoms with Crippen molar-refractivity contribution in [3.8, 4) is 0 Å². The fourth-order valence-corrected chi connectivity index (χ4v) is 2.90. The van der Waals surface area contributed by atoms with Crippen LogP contribution in [0.3, 0.4) is 0 Å². The normalized spacial score (nSPS) is 18.8. The Kier molecular flexibility index (Phi) is 4.85. The molecule has 0 radical (unpaired) electrons. The monoisotopic (exact) mass is 311 g/mol. The van der Waals surface area contributed by atoms with Crippen molar-refractivity contribution in [3.05, 3.63) is 34.9 Å². The van der Waals surface area contributed by atoms with E-state index in [1.54, 1.807) is 12.1 Å². The smallest absolute Gasteiger partial charge is 0.325 e. The van der Waals surface area contributed by atoms with Gasteiger partial charge in [0.2, 0.25) is 5.91 Å². The number of amides is 1. The van der Waals surface area contributed by atoms with Crippen molar-refractivity contribution in [3.63, 3.8) is 0 Å². The fraction of sp³-hybridized carbons (Fsp3) is 0.467. The lowest BCUT2D eigenvalue weighted by atomic mass is 9.73. The summed E-state index contributed by atoms with van der Waals surface area (Å²) < 4.78 is 5.35. The molecule has 6 heteroatoms. The van der Waals surface area contributed by atoms with Crippen LogP contribution in [0.2, 0.25) is 5.02 Å². The van der Waals surface area contributed by atoms with Gasteiger partial charge in [-0.1, -0.05) is 29.8 Å². The Morgan fingerprint density at radius 1 is 1.33 bits per heavy atom. The average Bonchev–Trinajstić information content (AvgIpc) is 2.48. The van der Waals surface area contributed by atoms with Crippen LogP contribution in [0.25, 0.3) is 0 Å². The van der Waals surface area contributed by atoms with Crippen LogP contribution < -0.4 is 5.32 Å². The van der Waals surface area contributed by atoms with Gasteiger partial charge >= 0.3 is 5.97 Å². The van der Waals surface area contributed by atoms with Gasteiger partial charge in [0.05, 0.1) is 5.41 Å². The summed E-state index contributed by atoms with van der Waals surface area (Å²) in [4.78, 5) is 23.7. The topological polar surface area (TPSA) is 75.6 Å². The number of nitrogens with one attached hydrogen (secondary N) is 1. The highest BCUT2D eigenvalue weighted by Crippen LogP contribution is 2.38. The Morgan fingerprint density at radius 2 is 1.95 bits per heavy atom. The molecule has 1 aromatic carbocycles. The molecule has 0 unspecified atom stereocenters. The molecular formula is C15H18ClNO4. The first-order valence-electron chi connectivity index (χ1n) is 6.84. The molecule has 1 heterocycles. The second-order valence-electron chi connectivity index (χ2n) is 5.21. The number of ether oxygens (including phenoxy) is 1. The number of aliphatic carboxylic acids is 1. The molecule has 0 aliphatic carbocycles. The number of halogens is 1. The number of carboxylic acid groups (broad SMARTS) is 1. The summed E-state index contributed by atoms with van der Waals surface area (Å²) in [5.41, 5.74) is -0.106. The number of carboxylic acids is 1. The Labute approximate surface area is 128 Å². The van der Waals surface area contributed by atoms with Crippen LogP contribution in [-0.4, -0.2) is 36.2 Å². The highest BCUT2D eigenvalue weighted by atomic mass is 35.5. The lowest BCUT2D eigenvalue weighted by Crippen LogP contribution is -2.52. The van der Waals surface area contributed by atoms with E-state index in [2.05, 4.69) is 5.32 Å². The predicted octanol–water partition coefficient (Wildman–Crippen LogP) is 1.98. The van der Waals surface area contributed by atoms with E-state index >= 15 is 0 Å². The van der Waals surface area contributed by atoms with Crippen molar-refractivity contribution < 1.29 is 19.4 Å². The molecule has 21 heavy (non-hydrogen) atoms. The first kappa shape index (κ1) is 15.8. The Morgan fingerprint density at radius 3 is 2.52 bits per heavy atom. The zero-order valence-corrected chi connectivity index (χ0v) is 12.5. The van der Waals surface area contributed by atoms with Gasteiger partial charge in [0.25, 0.3) is 0 Å². The largest absolute Gasteiger partial charge is 0.480 e. The maximum Gasteiger partial charge on any atom is 0.325 e. The molecule has 1 saturated heterocycles. The summed E-state index contributed by atoms with van der Waals surface area (Å²) in [7, 11) is 0. The standard InChI is InChI=1S/C15H18ClNO4/c1-10(13(18)19)17-14(20)15(6-8-21-9-7-15)11-4-2-3-5-12(11)16/h2-5,10H,6-9H2,1H3,(H,17,20)(H,18,19)/t10-/m1/s1. The molecule has 1 aliphatic rings. The summed E-state index contributed by atoms with van der Waals surface area (Å²) in [5.74, 6) is -1.38. The van der Waals surface area contributed by atoms with Gasteiger partial charge in [-0.3, -0.25) is 9.59 Å². The van der Waals surface area contributed by atoms with Crippen molar-refractivity contribution in [2.75, 3.05) is 13.2 Å². The number of hydrogen-bond acceptors (Lipinski definition) is 3. The SMILES string of the molecule is C[C@@H](NC(=O)C1(c2ccccc2Cl)CCOCC1)C(=O)O. The summed E-state index contributed by atoms with van der Waals surface area (Å²) in [6, 6.07) is 6.24. The van der Waals surface area contributed by atoms with Crippen LogP contribution in [-0.2, 0) is 19.7 Å². The molecule has 5 nitrogen and oxygen atoms in total. The van der Waals surface area contributed by atoms with E-state index in [9.17, 15) is 9.59 Å². The summed E-state index contributed by atoms with van der Waals surface area (Å²) in [5, 5.41) is 12.0. The van der Waals surface area contributed by atoms with Crippen LogP contribution in [0, 0.1) is 0 Å². The summed E-state index contributed by atoms with van der Waals surface area (Å²) in [6.07, 6.45) is 0.962. The van der Waals surface area contributed by atoms with Crippen LogP contribution in [0.1, 0.15) is 25.3 Å². The van der Waals surface area contributed by atoms with Gasteiger partial charge in [0.1, 0.15) is 6.04 Å². The van der Waals surface area contributed by atoms with E-state index in [1.807, 2.05) is 12.1 Å². The number of hydrogen-bond donors (Lipinski definition) is 2.